The fourth-order valence-corrected chi connectivity index (χ4v) is 6.38. The van der Waals surface area contributed by atoms with Crippen LogP contribution in [0.5, 0.6) is 0 Å². The molecule has 2 aromatic rings. The fraction of sp³-hybridized carbons (Fsp3) is 0.500. The van der Waals surface area contributed by atoms with Crippen molar-refractivity contribution in [3.63, 3.8) is 0 Å². The summed E-state index contributed by atoms with van der Waals surface area (Å²) in [6.45, 7) is 7.30. The first-order chi connectivity index (χ1) is 18.0. The third-order valence-electron chi connectivity index (χ3n) is 7.96. The topological polar surface area (TPSA) is 68.2 Å². The first kappa shape index (κ1) is 28.6. The molecule has 0 saturated heterocycles. The van der Waals surface area contributed by atoms with Crippen LogP contribution in [-0.2, 0) is 14.3 Å². The van der Waals surface area contributed by atoms with E-state index in [2.05, 4.69) is 20.8 Å². The molecule has 1 amide bonds. The van der Waals surface area contributed by atoms with Gasteiger partial charge in [-0.1, -0.05) is 56.1 Å². The maximum atomic E-state index is 14.3. The van der Waals surface area contributed by atoms with Gasteiger partial charge in [-0.15, -0.1) is 0 Å². The van der Waals surface area contributed by atoms with Crippen molar-refractivity contribution in [1.82, 2.24) is 4.90 Å². The SMILES string of the molecule is COCC[C@H](c1ccc(C(=O)OC)cc1)N1C(=O)C(c2cc(Cl)cc(Cl)c2)=NC12CCC(C(C)(C)C)CC2. The van der Waals surface area contributed by atoms with Crippen molar-refractivity contribution in [2.45, 2.75) is 64.6 Å². The number of hydrogen-bond donors (Lipinski definition) is 0. The third kappa shape index (κ3) is 5.78. The molecule has 1 aliphatic heterocycles. The van der Waals surface area contributed by atoms with E-state index in [1.54, 1.807) is 37.4 Å². The van der Waals surface area contributed by atoms with Crippen LogP contribution in [0.2, 0.25) is 10.0 Å². The van der Waals surface area contributed by atoms with Crippen LogP contribution >= 0.6 is 23.2 Å². The van der Waals surface area contributed by atoms with E-state index in [4.69, 9.17) is 37.7 Å². The van der Waals surface area contributed by atoms with Crippen molar-refractivity contribution in [2.75, 3.05) is 20.8 Å². The first-order valence-corrected chi connectivity index (χ1v) is 13.8. The molecule has 0 bridgehead atoms. The van der Waals surface area contributed by atoms with Crippen LogP contribution in [0.4, 0.5) is 0 Å². The smallest absolute Gasteiger partial charge is 0.337 e. The zero-order valence-electron chi connectivity index (χ0n) is 22.7. The van der Waals surface area contributed by atoms with E-state index in [-0.39, 0.29) is 17.4 Å². The highest BCUT2D eigenvalue weighted by Gasteiger charge is 2.52. The number of aliphatic imine (C=N–C) groups is 1. The third-order valence-corrected chi connectivity index (χ3v) is 8.40. The number of carbonyl (C=O) groups is 2. The number of carbonyl (C=O) groups excluding carboxylic acids is 2. The lowest BCUT2D eigenvalue weighted by Gasteiger charge is -2.47. The second kappa shape index (κ2) is 11.4. The lowest BCUT2D eigenvalue weighted by molar-refractivity contribution is -0.134. The molecule has 4 rings (SSSR count). The summed E-state index contributed by atoms with van der Waals surface area (Å²) >= 11 is 12.6. The standard InChI is InChI=1S/C30H36Cl2N2O4/c1-29(2,3)22-10-13-30(14-11-22)33-26(21-16-23(31)18-24(32)17-21)27(35)34(30)25(12-15-37-4)19-6-8-20(9-7-19)28(36)38-5/h6-9,16-18,22,25H,10-15H2,1-5H3/t22?,25-,30?/m1/s1. The normalized spacial score (nSPS) is 22.5. The molecule has 1 aliphatic carbocycles. The monoisotopic (exact) mass is 558 g/mol. The molecular weight excluding hydrogens is 523 g/mol. The Morgan fingerprint density at radius 3 is 2.21 bits per heavy atom. The summed E-state index contributed by atoms with van der Waals surface area (Å²) in [6, 6.07) is 12.1. The molecule has 38 heavy (non-hydrogen) atoms. The van der Waals surface area contributed by atoms with E-state index in [0.29, 0.717) is 45.8 Å². The molecule has 2 aromatic carbocycles. The van der Waals surface area contributed by atoms with Crippen LogP contribution in [0.25, 0.3) is 0 Å². The molecule has 1 saturated carbocycles. The molecule has 0 N–H and O–H groups in total. The zero-order chi connectivity index (χ0) is 27.7. The number of nitrogens with zero attached hydrogens (tertiary/aromatic N) is 2. The number of hydrogen-bond acceptors (Lipinski definition) is 5. The summed E-state index contributed by atoms with van der Waals surface area (Å²) in [6.07, 6.45) is 4.06. The number of rotatable bonds is 7. The minimum Gasteiger partial charge on any atom is -0.465 e. The number of amides is 1. The first-order valence-electron chi connectivity index (χ1n) is 13.1. The predicted octanol–water partition coefficient (Wildman–Crippen LogP) is 7.12. The summed E-state index contributed by atoms with van der Waals surface area (Å²) in [5, 5.41) is 0.919. The van der Waals surface area contributed by atoms with Crippen LogP contribution < -0.4 is 0 Å². The summed E-state index contributed by atoms with van der Waals surface area (Å²) in [7, 11) is 3.02. The Balaban J connectivity index is 1.79. The van der Waals surface area contributed by atoms with E-state index < -0.39 is 11.6 Å². The number of methoxy groups -OCH3 is 2. The van der Waals surface area contributed by atoms with Crippen molar-refractivity contribution in [3.05, 3.63) is 69.2 Å². The highest BCUT2D eigenvalue weighted by Crippen LogP contribution is 2.49. The molecule has 0 aromatic heterocycles. The van der Waals surface area contributed by atoms with Gasteiger partial charge < -0.3 is 14.4 Å². The average molecular weight is 560 g/mol. The Morgan fingerprint density at radius 2 is 1.68 bits per heavy atom. The van der Waals surface area contributed by atoms with Crippen molar-refractivity contribution in [3.8, 4) is 0 Å². The van der Waals surface area contributed by atoms with E-state index in [0.717, 1.165) is 31.2 Å². The Labute approximate surface area is 235 Å². The Hall–Kier alpha value is -2.41. The molecule has 8 heteroatoms. The molecule has 1 spiro atoms. The summed E-state index contributed by atoms with van der Waals surface area (Å²) < 4.78 is 10.3. The summed E-state index contributed by atoms with van der Waals surface area (Å²) in [5.41, 5.74) is 1.89. The van der Waals surface area contributed by atoms with Crippen LogP contribution in [-0.4, -0.2) is 49.0 Å². The molecule has 2 aliphatic rings. The van der Waals surface area contributed by atoms with Gasteiger partial charge in [0.15, 0.2) is 0 Å². The minimum atomic E-state index is -0.678. The molecular formula is C30H36Cl2N2O4. The number of ether oxygens (including phenoxy) is 2. The van der Waals surface area contributed by atoms with Gasteiger partial charge in [0.2, 0.25) is 0 Å². The molecule has 1 heterocycles. The van der Waals surface area contributed by atoms with Gasteiger partial charge in [-0.25, -0.2) is 4.79 Å². The van der Waals surface area contributed by atoms with E-state index >= 15 is 0 Å². The lowest BCUT2D eigenvalue weighted by atomic mass is 9.69. The van der Waals surface area contributed by atoms with Gasteiger partial charge in [-0.3, -0.25) is 9.79 Å². The van der Waals surface area contributed by atoms with Crippen molar-refractivity contribution in [2.24, 2.45) is 16.3 Å². The van der Waals surface area contributed by atoms with Gasteiger partial charge in [-0.05, 0) is 79.3 Å². The van der Waals surface area contributed by atoms with Crippen LogP contribution in [0.3, 0.4) is 0 Å². The van der Waals surface area contributed by atoms with Gasteiger partial charge in [0.25, 0.3) is 5.91 Å². The van der Waals surface area contributed by atoms with E-state index in [1.807, 2.05) is 17.0 Å². The van der Waals surface area contributed by atoms with Crippen molar-refractivity contribution >= 4 is 40.8 Å². The summed E-state index contributed by atoms with van der Waals surface area (Å²) in [5.74, 6) is 0.0000588. The molecule has 0 radical (unpaired) electrons. The Kier molecular flexibility index (Phi) is 8.55. The maximum absolute atomic E-state index is 14.3. The Bertz CT molecular complexity index is 1190. The van der Waals surface area contributed by atoms with Gasteiger partial charge in [-0.2, -0.15) is 0 Å². The van der Waals surface area contributed by atoms with E-state index in [1.165, 1.54) is 7.11 Å². The minimum absolute atomic E-state index is 0.143. The summed E-state index contributed by atoms with van der Waals surface area (Å²) in [4.78, 5) is 33.5. The fourth-order valence-electron chi connectivity index (χ4n) is 5.86. The molecule has 0 unspecified atom stereocenters. The second-order valence-corrected chi connectivity index (χ2v) is 12.2. The zero-order valence-corrected chi connectivity index (χ0v) is 24.2. The Morgan fingerprint density at radius 1 is 1.08 bits per heavy atom. The van der Waals surface area contributed by atoms with Crippen LogP contribution in [0.15, 0.2) is 47.5 Å². The second-order valence-electron chi connectivity index (χ2n) is 11.3. The molecule has 204 valence electrons. The van der Waals surface area contributed by atoms with Gasteiger partial charge in [0.05, 0.1) is 18.7 Å². The molecule has 1 fully saturated rings. The number of esters is 1. The maximum Gasteiger partial charge on any atom is 0.337 e. The molecule has 1 atom stereocenters. The van der Waals surface area contributed by atoms with Gasteiger partial charge >= 0.3 is 5.97 Å². The van der Waals surface area contributed by atoms with Crippen molar-refractivity contribution < 1.29 is 19.1 Å². The average Bonchev–Trinajstić information content (AvgIpc) is 3.15. The van der Waals surface area contributed by atoms with Crippen LogP contribution in [0, 0.1) is 11.3 Å². The van der Waals surface area contributed by atoms with Gasteiger partial charge in [0, 0.05) is 29.3 Å². The van der Waals surface area contributed by atoms with Crippen molar-refractivity contribution in [1.29, 1.82) is 0 Å². The van der Waals surface area contributed by atoms with Gasteiger partial charge in [0.1, 0.15) is 11.4 Å². The largest absolute Gasteiger partial charge is 0.465 e. The number of benzene rings is 2. The lowest BCUT2D eigenvalue weighted by Crippen LogP contribution is -2.51. The highest BCUT2D eigenvalue weighted by atomic mass is 35.5. The van der Waals surface area contributed by atoms with E-state index in [9.17, 15) is 9.59 Å². The van der Waals surface area contributed by atoms with Crippen LogP contribution in [0.1, 0.15) is 80.4 Å². The quantitative estimate of drug-likeness (QED) is 0.339. The predicted molar refractivity (Wildman–Crippen MR) is 151 cm³/mol. The number of halogens is 2. The molecule has 6 nitrogen and oxygen atoms in total. The highest BCUT2D eigenvalue weighted by molar-refractivity contribution is 6.47.